The fraction of sp³-hybridized carbons (Fsp3) is 0.909. The third-order valence-corrected chi connectivity index (χ3v) is 2.77. The summed E-state index contributed by atoms with van der Waals surface area (Å²) in [4.78, 5) is 11.5. The van der Waals surface area contributed by atoms with E-state index in [0.717, 1.165) is 25.8 Å². The largest absolute Gasteiger partial charge is 0.394 e. The van der Waals surface area contributed by atoms with Crippen molar-refractivity contribution in [2.24, 2.45) is 0 Å². The van der Waals surface area contributed by atoms with E-state index in [2.05, 4.69) is 17.6 Å². The Balaban J connectivity index is 4.00. The van der Waals surface area contributed by atoms with Crippen molar-refractivity contribution in [3.63, 3.8) is 0 Å². The van der Waals surface area contributed by atoms with E-state index in [4.69, 9.17) is 0 Å². The van der Waals surface area contributed by atoms with Crippen molar-refractivity contribution in [2.45, 2.75) is 45.6 Å². The molecule has 4 nitrogen and oxygen atoms in total. The lowest BCUT2D eigenvalue weighted by Gasteiger charge is -2.30. The number of rotatable bonds is 8. The van der Waals surface area contributed by atoms with Gasteiger partial charge < -0.3 is 15.7 Å². The number of carbonyl (C=O) groups excluding carboxylic acids is 1. The molecule has 0 aromatic carbocycles. The van der Waals surface area contributed by atoms with Crippen LogP contribution >= 0.6 is 0 Å². The number of carbonyl (C=O) groups is 1. The van der Waals surface area contributed by atoms with Crippen molar-refractivity contribution < 1.29 is 9.90 Å². The SMILES string of the molecule is CCCNCC(=O)NC(CC)(CC)CO. The minimum atomic E-state index is -0.440. The Morgan fingerprint density at radius 1 is 1.27 bits per heavy atom. The zero-order valence-corrected chi connectivity index (χ0v) is 10.1. The van der Waals surface area contributed by atoms with Gasteiger partial charge in [-0.15, -0.1) is 0 Å². The smallest absolute Gasteiger partial charge is 0.234 e. The Labute approximate surface area is 92.4 Å². The second-order valence-corrected chi connectivity index (χ2v) is 3.87. The summed E-state index contributed by atoms with van der Waals surface area (Å²) >= 11 is 0. The molecule has 3 N–H and O–H groups in total. The van der Waals surface area contributed by atoms with Gasteiger partial charge in [-0.1, -0.05) is 20.8 Å². The molecule has 0 bridgehead atoms. The first kappa shape index (κ1) is 14.4. The molecule has 0 aliphatic rings. The maximum Gasteiger partial charge on any atom is 0.234 e. The molecule has 4 heteroatoms. The lowest BCUT2D eigenvalue weighted by atomic mass is 9.94. The van der Waals surface area contributed by atoms with Crippen LogP contribution in [0.5, 0.6) is 0 Å². The van der Waals surface area contributed by atoms with E-state index in [-0.39, 0.29) is 12.5 Å². The summed E-state index contributed by atoms with van der Waals surface area (Å²) in [5.41, 5.74) is -0.440. The Bertz CT molecular complexity index is 171. The third kappa shape index (κ3) is 5.14. The molecule has 0 radical (unpaired) electrons. The highest BCUT2D eigenvalue weighted by atomic mass is 16.3. The molecule has 0 saturated carbocycles. The van der Waals surface area contributed by atoms with Crippen LogP contribution in [-0.2, 0) is 4.79 Å². The first-order valence-corrected chi connectivity index (χ1v) is 5.76. The number of aliphatic hydroxyl groups excluding tert-OH is 1. The quantitative estimate of drug-likeness (QED) is 0.522. The van der Waals surface area contributed by atoms with Crippen LogP contribution < -0.4 is 10.6 Å². The molecule has 0 heterocycles. The van der Waals surface area contributed by atoms with E-state index in [9.17, 15) is 9.90 Å². The highest BCUT2D eigenvalue weighted by molar-refractivity contribution is 5.78. The average molecular weight is 216 g/mol. The molecule has 0 saturated heterocycles. The molecule has 0 rings (SSSR count). The normalized spacial score (nSPS) is 11.5. The monoisotopic (exact) mass is 216 g/mol. The first-order chi connectivity index (χ1) is 7.14. The second kappa shape index (κ2) is 7.65. The van der Waals surface area contributed by atoms with E-state index >= 15 is 0 Å². The maximum absolute atomic E-state index is 11.5. The summed E-state index contributed by atoms with van der Waals surface area (Å²) in [7, 11) is 0. The van der Waals surface area contributed by atoms with Gasteiger partial charge in [0, 0.05) is 0 Å². The van der Waals surface area contributed by atoms with Gasteiger partial charge in [-0.2, -0.15) is 0 Å². The van der Waals surface area contributed by atoms with Crippen molar-refractivity contribution in [3.8, 4) is 0 Å². The van der Waals surface area contributed by atoms with Gasteiger partial charge in [0.2, 0.25) is 5.91 Å². The van der Waals surface area contributed by atoms with Gasteiger partial charge in [-0.3, -0.25) is 4.79 Å². The Morgan fingerprint density at radius 2 is 1.87 bits per heavy atom. The van der Waals surface area contributed by atoms with Gasteiger partial charge >= 0.3 is 0 Å². The van der Waals surface area contributed by atoms with Crippen LogP contribution in [0.15, 0.2) is 0 Å². The summed E-state index contributed by atoms with van der Waals surface area (Å²) in [5.74, 6) is -0.0406. The van der Waals surface area contributed by atoms with Crippen LogP contribution in [0.1, 0.15) is 40.0 Å². The second-order valence-electron chi connectivity index (χ2n) is 3.87. The molecule has 1 amide bonds. The first-order valence-electron chi connectivity index (χ1n) is 5.76. The van der Waals surface area contributed by atoms with Gasteiger partial charge in [0.05, 0.1) is 18.7 Å². The van der Waals surface area contributed by atoms with Gasteiger partial charge in [0.15, 0.2) is 0 Å². The lowest BCUT2D eigenvalue weighted by molar-refractivity contribution is -0.122. The van der Waals surface area contributed by atoms with E-state index in [1.54, 1.807) is 0 Å². The van der Waals surface area contributed by atoms with Crippen LogP contribution in [0.4, 0.5) is 0 Å². The summed E-state index contributed by atoms with van der Waals surface area (Å²) in [6.45, 7) is 7.17. The van der Waals surface area contributed by atoms with Crippen molar-refractivity contribution in [3.05, 3.63) is 0 Å². The van der Waals surface area contributed by atoms with Gasteiger partial charge in [0.1, 0.15) is 0 Å². The van der Waals surface area contributed by atoms with Crippen molar-refractivity contribution in [1.29, 1.82) is 0 Å². The lowest BCUT2D eigenvalue weighted by Crippen LogP contribution is -2.52. The van der Waals surface area contributed by atoms with Crippen molar-refractivity contribution >= 4 is 5.91 Å². The van der Waals surface area contributed by atoms with Gasteiger partial charge in [-0.25, -0.2) is 0 Å². The highest BCUT2D eigenvalue weighted by Crippen LogP contribution is 2.13. The number of nitrogens with one attached hydrogen (secondary N) is 2. The predicted molar refractivity (Wildman–Crippen MR) is 61.7 cm³/mol. The molecule has 0 atom stereocenters. The molecule has 15 heavy (non-hydrogen) atoms. The molecular weight excluding hydrogens is 192 g/mol. The van der Waals surface area contributed by atoms with Crippen LogP contribution in [-0.4, -0.2) is 36.2 Å². The zero-order valence-electron chi connectivity index (χ0n) is 10.1. The number of hydrogen-bond donors (Lipinski definition) is 3. The summed E-state index contributed by atoms with van der Waals surface area (Å²) in [6, 6.07) is 0. The molecule has 0 aliphatic carbocycles. The standard InChI is InChI=1S/C11H24N2O2/c1-4-7-12-8-10(15)13-11(5-2,6-3)9-14/h12,14H,4-9H2,1-3H3,(H,13,15). The topological polar surface area (TPSA) is 61.4 Å². The van der Waals surface area contributed by atoms with E-state index < -0.39 is 5.54 Å². The van der Waals surface area contributed by atoms with E-state index in [1.807, 2.05) is 13.8 Å². The summed E-state index contributed by atoms with van der Waals surface area (Å²) in [6.07, 6.45) is 2.51. The molecule has 90 valence electrons. The number of hydrogen-bond acceptors (Lipinski definition) is 3. The van der Waals surface area contributed by atoms with Crippen LogP contribution in [0.3, 0.4) is 0 Å². The Kier molecular flexibility index (Phi) is 7.34. The molecular formula is C11H24N2O2. The van der Waals surface area contributed by atoms with Crippen molar-refractivity contribution in [1.82, 2.24) is 10.6 Å². The third-order valence-electron chi connectivity index (χ3n) is 2.77. The fourth-order valence-electron chi connectivity index (χ4n) is 1.41. The number of aliphatic hydroxyl groups is 1. The minimum absolute atomic E-state index is 0.000478. The van der Waals surface area contributed by atoms with E-state index in [0.29, 0.717) is 6.54 Å². The summed E-state index contributed by atoms with van der Waals surface area (Å²) < 4.78 is 0. The Hall–Kier alpha value is -0.610. The van der Waals surface area contributed by atoms with Gasteiger partial charge in [0.25, 0.3) is 0 Å². The molecule has 0 fully saturated rings. The maximum atomic E-state index is 11.5. The molecule has 0 aromatic heterocycles. The molecule has 0 aromatic rings. The zero-order chi connectivity index (χ0) is 11.7. The molecule has 0 spiro atoms. The fourth-order valence-corrected chi connectivity index (χ4v) is 1.41. The number of amides is 1. The van der Waals surface area contributed by atoms with Crippen LogP contribution in [0.25, 0.3) is 0 Å². The Morgan fingerprint density at radius 3 is 2.27 bits per heavy atom. The average Bonchev–Trinajstić information content (AvgIpc) is 2.26. The molecule has 0 aliphatic heterocycles. The van der Waals surface area contributed by atoms with Gasteiger partial charge in [-0.05, 0) is 25.8 Å². The minimum Gasteiger partial charge on any atom is -0.394 e. The van der Waals surface area contributed by atoms with E-state index in [1.165, 1.54) is 0 Å². The van der Waals surface area contributed by atoms with Crippen LogP contribution in [0.2, 0.25) is 0 Å². The van der Waals surface area contributed by atoms with Crippen LogP contribution in [0, 0.1) is 0 Å². The highest BCUT2D eigenvalue weighted by Gasteiger charge is 2.26. The predicted octanol–water partition coefficient (Wildman–Crippen LogP) is 0.653. The van der Waals surface area contributed by atoms with Crippen molar-refractivity contribution in [2.75, 3.05) is 19.7 Å². The molecule has 0 unspecified atom stereocenters. The summed E-state index contributed by atoms with van der Waals surface area (Å²) in [5, 5.41) is 15.2.